The van der Waals surface area contributed by atoms with Crippen LogP contribution in [0.2, 0.25) is 0 Å². The molecule has 0 bridgehead atoms. The number of halogens is 3. The summed E-state index contributed by atoms with van der Waals surface area (Å²) in [7, 11) is 6.22. The Morgan fingerprint density at radius 1 is 0.976 bits per heavy atom. The third-order valence-corrected chi connectivity index (χ3v) is 4.81. The fourth-order valence-electron chi connectivity index (χ4n) is 1.96. The summed E-state index contributed by atoms with van der Waals surface area (Å²) >= 11 is 0. The number of carboxylic acid groups (broad SMARTS) is 1. The second-order valence-electron chi connectivity index (χ2n) is 10.1. The number of aliphatic hydroxyl groups excluding tert-OH is 6. The molecule has 1 aromatic rings. The van der Waals surface area contributed by atoms with Crippen molar-refractivity contribution in [2.75, 3.05) is 75.2 Å². The smallest absolute Gasteiger partial charge is 0.485 e. The first-order chi connectivity index (χ1) is 18.3. The van der Waals surface area contributed by atoms with Crippen molar-refractivity contribution in [3.05, 3.63) is 30.1 Å². The Labute approximate surface area is 237 Å². The minimum atomic E-state index is -6.09. The molecule has 244 valence electrons. The number of likely N-dealkylation sites (N-methyl/N-ethyl adjacent to an activating group) is 2. The molecule has 1 saturated heterocycles. The largest absolute Gasteiger partial charge is 0.741 e. The number of aliphatic hydroxyl groups is 6. The van der Waals surface area contributed by atoms with Crippen molar-refractivity contribution < 1.29 is 80.4 Å². The van der Waals surface area contributed by atoms with Crippen LogP contribution in [0.25, 0.3) is 0 Å². The summed E-state index contributed by atoms with van der Waals surface area (Å²) in [5.41, 5.74) is -5.54. The molecular weight excluding hydrogens is 587 g/mol. The molecule has 1 aliphatic rings. The van der Waals surface area contributed by atoms with Crippen LogP contribution in [0.4, 0.5) is 13.2 Å². The van der Waals surface area contributed by atoms with Gasteiger partial charge in [0.25, 0.3) is 0 Å². The van der Waals surface area contributed by atoms with Crippen LogP contribution in [0.5, 0.6) is 0 Å². The van der Waals surface area contributed by atoms with Gasteiger partial charge in [0.1, 0.15) is 31.4 Å². The Kier molecular flexibility index (Phi) is 21.1. The number of carbonyl (C=O) groups excluding carboxylic acids is 1. The van der Waals surface area contributed by atoms with Gasteiger partial charge in [-0.2, -0.15) is 13.2 Å². The van der Waals surface area contributed by atoms with E-state index in [1.54, 1.807) is 6.07 Å². The van der Waals surface area contributed by atoms with Gasteiger partial charge in [0.15, 0.2) is 16.4 Å². The number of pyridine rings is 1. The molecule has 0 aromatic carbocycles. The van der Waals surface area contributed by atoms with Crippen molar-refractivity contribution in [1.29, 1.82) is 0 Å². The van der Waals surface area contributed by atoms with E-state index in [2.05, 4.69) is 52.0 Å². The van der Waals surface area contributed by atoms with Crippen molar-refractivity contribution in [3.8, 4) is 0 Å². The number of carbonyl (C=O) groups is 1. The minimum Gasteiger partial charge on any atom is -0.741 e. The maximum absolute atomic E-state index is 10.7. The average molecular weight is 630 g/mol. The lowest BCUT2D eigenvalue weighted by Crippen LogP contribution is -2.36. The van der Waals surface area contributed by atoms with E-state index in [9.17, 15) is 23.1 Å². The predicted octanol–water partition coefficient (Wildman–Crippen LogP) is -3.72. The molecule has 2 rings (SSSR count). The molecule has 0 aliphatic carbocycles. The summed E-state index contributed by atoms with van der Waals surface area (Å²) in [5, 5.41) is 61.8. The maximum Gasteiger partial charge on any atom is 0.485 e. The molecule has 15 nitrogen and oxygen atoms in total. The number of aromatic carboxylic acids is 1. The first-order valence-electron chi connectivity index (χ1n) is 11.6. The number of carboxylic acids is 1. The van der Waals surface area contributed by atoms with Crippen molar-refractivity contribution in [2.24, 2.45) is 0 Å². The lowest BCUT2D eigenvalue weighted by atomic mass is 10.1. The molecule has 0 amide bonds. The van der Waals surface area contributed by atoms with Gasteiger partial charge in [0, 0.05) is 18.0 Å². The molecule has 1 aliphatic heterocycles. The fourth-order valence-corrected chi connectivity index (χ4v) is 1.96. The van der Waals surface area contributed by atoms with E-state index in [0.29, 0.717) is 0 Å². The summed E-state index contributed by atoms with van der Waals surface area (Å²) in [6.07, 6.45) is -2.00. The lowest BCUT2D eigenvalue weighted by molar-refractivity contribution is -0.870. The zero-order chi connectivity index (χ0) is 33.2. The normalized spacial score (nSPS) is 20.5. The maximum atomic E-state index is 10.7. The van der Waals surface area contributed by atoms with Gasteiger partial charge in [-0.05, 0) is 6.07 Å². The van der Waals surface area contributed by atoms with Crippen LogP contribution in [0.3, 0.4) is 0 Å². The van der Waals surface area contributed by atoms with Gasteiger partial charge in [0.05, 0.1) is 68.1 Å². The Morgan fingerprint density at radius 2 is 1.39 bits per heavy atom. The molecule has 1 unspecified atom stereocenters. The molecule has 0 saturated carbocycles. The highest BCUT2D eigenvalue weighted by Gasteiger charge is 2.41. The molecule has 19 heteroatoms. The van der Waals surface area contributed by atoms with Crippen LogP contribution >= 0.6 is 0 Å². The second-order valence-corrected chi connectivity index (χ2v) is 11.5. The zero-order valence-electron chi connectivity index (χ0n) is 23.7. The van der Waals surface area contributed by atoms with Crippen LogP contribution in [0.15, 0.2) is 24.5 Å². The Morgan fingerprint density at radius 3 is 1.51 bits per heavy atom. The van der Waals surface area contributed by atoms with Gasteiger partial charge >= 0.3 is 5.51 Å². The van der Waals surface area contributed by atoms with E-state index in [4.69, 9.17) is 43.6 Å². The molecule has 1 aromatic heterocycles. The number of alkyl halides is 3. The zero-order valence-corrected chi connectivity index (χ0v) is 24.5. The third kappa shape index (κ3) is 24.3. The third-order valence-electron chi connectivity index (χ3n) is 4.24. The van der Waals surface area contributed by atoms with Gasteiger partial charge in [0.2, 0.25) is 0 Å². The van der Waals surface area contributed by atoms with Crippen molar-refractivity contribution in [1.82, 2.24) is 4.98 Å². The van der Waals surface area contributed by atoms with Gasteiger partial charge in [-0.15, -0.1) is 0 Å². The van der Waals surface area contributed by atoms with E-state index in [1.165, 1.54) is 18.5 Å². The molecule has 2 heterocycles. The summed E-state index contributed by atoms with van der Waals surface area (Å²) < 4.78 is 65.1. The van der Waals surface area contributed by atoms with E-state index < -0.39 is 52.8 Å². The number of hydrogen-bond acceptors (Lipinski definition) is 13. The Balaban J connectivity index is -0.000000444. The average Bonchev–Trinajstić information content (AvgIpc) is 3.05. The van der Waals surface area contributed by atoms with E-state index in [-0.39, 0.29) is 18.8 Å². The number of aromatic nitrogens is 1. The molecule has 4 atom stereocenters. The predicted molar refractivity (Wildman–Crippen MR) is 134 cm³/mol. The van der Waals surface area contributed by atoms with Crippen molar-refractivity contribution in [2.45, 2.75) is 30.1 Å². The summed E-state index contributed by atoms with van der Waals surface area (Å²) in [6.45, 7) is 1.82. The second kappa shape index (κ2) is 20.0. The highest BCUT2D eigenvalue weighted by atomic mass is 32.2. The molecule has 41 heavy (non-hydrogen) atoms. The summed E-state index contributed by atoms with van der Waals surface area (Å²) in [5.74, 6) is -1.19. The molecule has 6 N–H and O–H groups in total. The Bertz CT molecular complexity index is 912. The van der Waals surface area contributed by atoms with Gasteiger partial charge in [-0.1, -0.05) is 6.07 Å². The van der Waals surface area contributed by atoms with E-state index >= 15 is 0 Å². The minimum absolute atomic E-state index is 0.109. The van der Waals surface area contributed by atoms with Crippen LogP contribution in [0.1, 0.15) is 10.4 Å². The highest BCUT2D eigenvalue weighted by Crippen LogP contribution is 2.20. The van der Waals surface area contributed by atoms with Crippen LogP contribution in [-0.4, -0.2) is 169 Å². The number of rotatable bonds is 6. The monoisotopic (exact) mass is 629 g/mol. The summed E-state index contributed by atoms with van der Waals surface area (Å²) in [6, 6.07) is 2.98. The van der Waals surface area contributed by atoms with Crippen LogP contribution in [0, 0.1) is 0 Å². The molecule has 0 radical (unpaired) electrons. The van der Waals surface area contributed by atoms with Gasteiger partial charge in [-0.3, -0.25) is 4.98 Å². The van der Waals surface area contributed by atoms with Crippen LogP contribution in [-0.2, 0) is 14.9 Å². The molecule has 1 fully saturated rings. The van der Waals surface area contributed by atoms with E-state index in [0.717, 1.165) is 22.1 Å². The quantitative estimate of drug-likeness (QED) is 0.101. The topological polar surface area (TPSA) is 241 Å². The van der Waals surface area contributed by atoms with Gasteiger partial charge < -0.3 is 58.8 Å². The standard InChI is InChI=1S/C6H5NO2.2C5H14NO.C5H10O5.CHF3O3S/c8-6(9)5-2-1-3-7-4-5;2*1-6(2,3)4-5-7;6-1-2-3(7)4(8)5(9)10-2;2-1(3,4)8(5,6)7/h1-4H,(H,8,9);2*7H,4-5H2,1-3H3;2-9H,1H2;(H,5,6,7)/q;2*+1;;/p-2/t;;;2-,3-,4-,5?;/m...1./s1. The molecule has 0 spiro atoms. The first-order valence-corrected chi connectivity index (χ1v) is 13.0. The number of quaternary nitrogens is 2. The highest BCUT2D eigenvalue weighted by molar-refractivity contribution is 7.86. The van der Waals surface area contributed by atoms with Crippen LogP contribution < -0.4 is 5.11 Å². The lowest BCUT2D eigenvalue weighted by Gasteiger charge is -2.21. The number of hydrogen-bond donors (Lipinski definition) is 6. The number of ether oxygens (including phenoxy) is 1. The summed E-state index contributed by atoms with van der Waals surface area (Å²) in [4.78, 5) is 13.6. The number of nitrogens with zero attached hydrogens (tertiary/aromatic N) is 3. The van der Waals surface area contributed by atoms with Crippen molar-refractivity contribution in [3.63, 3.8) is 0 Å². The SMILES string of the molecule is C[N+](C)(C)CCO.C[N+](C)(C)CCO.O=C([O-])c1cccnc1.O=S(=O)([O-])C(F)(F)F.OC[C@H]1OC(O)[C@H](O)[C@@H]1O. The first kappa shape index (κ1) is 43.4. The van der Waals surface area contributed by atoms with E-state index in [1.807, 2.05) is 0 Å². The van der Waals surface area contributed by atoms with Gasteiger partial charge in [-0.25, -0.2) is 8.42 Å². The Hall–Kier alpha value is -2.04. The molecular formula is C22H42F3N3O12S. The fraction of sp³-hybridized carbons (Fsp3) is 0.727. The van der Waals surface area contributed by atoms with Crippen molar-refractivity contribution >= 4 is 16.1 Å².